The van der Waals surface area contributed by atoms with Crippen molar-refractivity contribution in [3.8, 4) is 11.3 Å². The zero-order valence-corrected chi connectivity index (χ0v) is 12.3. The molecule has 0 radical (unpaired) electrons. The average molecular weight is 309 g/mol. The summed E-state index contributed by atoms with van der Waals surface area (Å²) in [6, 6.07) is 2.54. The molecule has 0 aliphatic carbocycles. The van der Waals surface area contributed by atoms with Crippen molar-refractivity contribution in [2.45, 2.75) is 33.5 Å². The molecule has 0 unspecified atom stereocenters. The lowest BCUT2D eigenvalue weighted by molar-refractivity contribution is -0.142. The van der Waals surface area contributed by atoms with E-state index in [4.69, 9.17) is 0 Å². The number of hydrogen-bond acceptors (Lipinski definition) is 3. The van der Waals surface area contributed by atoms with Crippen molar-refractivity contribution in [2.24, 2.45) is 0 Å². The van der Waals surface area contributed by atoms with E-state index in [0.29, 0.717) is 17.8 Å². The molecule has 0 N–H and O–H groups in total. The predicted octanol–water partition coefficient (Wildman–Crippen LogP) is 3.25. The topological polar surface area (TPSA) is 48.0 Å². The minimum atomic E-state index is -4.51. The van der Waals surface area contributed by atoms with Crippen molar-refractivity contribution < 1.29 is 13.2 Å². The van der Waals surface area contributed by atoms with Gasteiger partial charge in [-0.25, -0.2) is 9.50 Å². The normalized spacial score (nSPS) is 12.3. The zero-order valence-electron chi connectivity index (χ0n) is 12.3. The summed E-state index contributed by atoms with van der Waals surface area (Å²) in [6.45, 7) is 6.01. The summed E-state index contributed by atoms with van der Waals surface area (Å²) >= 11 is 0. The molecule has 22 heavy (non-hydrogen) atoms. The van der Waals surface area contributed by atoms with E-state index >= 15 is 0 Å². The number of aryl methyl sites for hydroxylation is 2. The first-order chi connectivity index (χ1) is 10.3. The van der Waals surface area contributed by atoms with E-state index in [1.165, 1.54) is 6.07 Å². The maximum absolute atomic E-state index is 13.3. The van der Waals surface area contributed by atoms with E-state index < -0.39 is 11.9 Å². The van der Waals surface area contributed by atoms with Crippen LogP contribution in [0.3, 0.4) is 0 Å². The maximum Gasteiger partial charge on any atom is 0.433 e. The molecule has 0 fully saturated rings. The van der Waals surface area contributed by atoms with Gasteiger partial charge in [-0.2, -0.15) is 23.4 Å². The van der Waals surface area contributed by atoms with Crippen LogP contribution in [-0.4, -0.2) is 24.4 Å². The first-order valence-corrected chi connectivity index (χ1v) is 6.78. The molecule has 3 aromatic heterocycles. The van der Waals surface area contributed by atoms with Crippen LogP contribution in [0.1, 0.15) is 24.0 Å². The highest BCUT2D eigenvalue weighted by atomic mass is 19.4. The number of hydrogen-bond donors (Lipinski definition) is 0. The zero-order chi connectivity index (χ0) is 16.1. The van der Waals surface area contributed by atoms with Crippen molar-refractivity contribution in [3.05, 3.63) is 35.4 Å². The van der Waals surface area contributed by atoms with Crippen LogP contribution < -0.4 is 0 Å². The summed E-state index contributed by atoms with van der Waals surface area (Å²) in [4.78, 5) is 4.30. The SMILES string of the molecule is CCn1ncc(-c2cc(C(F)(F)F)n3nc(C)cc3n2)c1C. The summed E-state index contributed by atoms with van der Waals surface area (Å²) in [5.41, 5.74) is 1.43. The molecule has 0 aliphatic heterocycles. The molecule has 8 heteroatoms. The van der Waals surface area contributed by atoms with E-state index in [2.05, 4.69) is 15.2 Å². The summed E-state index contributed by atoms with van der Waals surface area (Å²) in [5.74, 6) is 0. The van der Waals surface area contributed by atoms with Gasteiger partial charge in [-0.05, 0) is 26.8 Å². The van der Waals surface area contributed by atoms with Gasteiger partial charge in [0.15, 0.2) is 11.3 Å². The van der Waals surface area contributed by atoms with Gasteiger partial charge in [0.2, 0.25) is 0 Å². The number of fused-ring (bicyclic) bond motifs is 1. The average Bonchev–Trinajstić information content (AvgIpc) is 2.97. The minimum Gasteiger partial charge on any atom is -0.269 e. The number of nitrogens with zero attached hydrogens (tertiary/aromatic N) is 5. The Kier molecular flexibility index (Phi) is 3.19. The molecule has 0 bridgehead atoms. The number of rotatable bonds is 2. The third-order valence-corrected chi connectivity index (χ3v) is 3.52. The number of aromatic nitrogens is 5. The van der Waals surface area contributed by atoms with Crippen molar-refractivity contribution in [1.82, 2.24) is 24.4 Å². The fourth-order valence-electron chi connectivity index (χ4n) is 2.45. The Balaban J connectivity index is 2.29. The van der Waals surface area contributed by atoms with Gasteiger partial charge in [0.1, 0.15) is 0 Å². The quantitative estimate of drug-likeness (QED) is 0.730. The second kappa shape index (κ2) is 4.82. The van der Waals surface area contributed by atoms with Crippen LogP contribution in [0.15, 0.2) is 18.3 Å². The smallest absolute Gasteiger partial charge is 0.269 e. The van der Waals surface area contributed by atoms with Crippen molar-refractivity contribution in [3.63, 3.8) is 0 Å². The Bertz CT molecular complexity index is 844. The fraction of sp³-hybridized carbons (Fsp3) is 0.357. The lowest BCUT2D eigenvalue weighted by Crippen LogP contribution is -2.13. The van der Waals surface area contributed by atoms with Crippen LogP contribution in [-0.2, 0) is 12.7 Å². The second-order valence-electron chi connectivity index (χ2n) is 5.04. The molecule has 3 heterocycles. The molecule has 0 atom stereocenters. The third-order valence-electron chi connectivity index (χ3n) is 3.52. The summed E-state index contributed by atoms with van der Waals surface area (Å²) in [5, 5.41) is 8.03. The fourth-order valence-corrected chi connectivity index (χ4v) is 2.45. The number of alkyl halides is 3. The van der Waals surface area contributed by atoms with Gasteiger partial charge in [0.25, 0.3) is 0 Å². The summed E-state index contributed by atoms with van der Waals surface area (Å²) in [7, 11) is 0. The van der Waals surface area contributed by atoms with E-state index in [9.17, 15) is 13.2 Å². The van der Waals surface area contributed by atoms with Gasteiger partial charge in [-0.15, -0.1) is 0 Å². The van der Waals surface area contributed by atoms with Crippen LogP contribution in [0.5, 0.6) is 0 Å². The largest absolute Gasteiger partial charge is 0.433 e. The first kappa shape index (κ1) is 14.6. The molecule has 0 amide bonds. The van der Waals surface area contributed by atoms with Crippen LogP contribution in [0, 0.1) is 13.8 Å². The standard InChI is InChI=1S/C14H14F3N5/c1-4-21-9(3)10(7-18-21)11-6-12(14(15,16)17)22-13(19-11)5-8(2)20-22/h5-7H,4H2,1-3H3. The molecule has 0 saturated carbocycles. The van der Waals surface area contributed by atoms with Gasteiger partial charge in [-0.1, -0.05) is 0 Å². The molecule has 3 aromatic rings. The molecule has 3 rings (SSSR count). The second-order valence-corrected chi connectivity index (χ2v) is 5.04. The van der Waals surface area contributed by atoms with Crippen LogP contribution in [0.4, 0.5) is 13.2 Å². The number of halogens is 3. The molecule has 5 nitrogen and oxygen atoms in total. The molecule has 116 valence electrons. The van der Waals surface area contributed by atoms with Gasteiger partial charge >= 0.3 is 6.18 Å². The predicted molar refractivity (Wildman–Crippen MR) is 74.4 cm³/mol. The van der Waals surface area contributed by atoms with Gasteiger partial charge in [0, 0.05) is 23.9 Å². The first-order valence-electron chi connectivity index (χ1n) is 6.78. The van der Waals surface area contributed by atoms with E-state index in [0.717, 1.165) is 16.3 Å². The highest BCUT2D eigenvalue weighted by Gasteiger charge is 2.35. The molecule has 0 aromatic carbocycles. The van der Waals surface area contributed by atoms with Gasteiger partial charge in [-0.3, -0.25) is 4.68 Å². The van der Waals surface area contributed by atoms with E-state index in [-0.39, 0.29) is 11.3 Å². The monoisotopic (exact) mass is 309 g/mol. The summed E-state index contributed by atoms with van der Waals surface area (Å²) < 4.78 is 42.4. The van der Waals surface area contributed by atoms with E-state index in [1.54, 1.807) is 17.8 Å². The Morgan fingerprint density at radius 3 is 2.50 bits per heavy atom. The molecule has 0 saturated heterocycles. The Hall–Kier alpha value is -2.38. The van der Waals surface area contributed by atoms with Crippen molar-refractivity contribution in [1.29, 1.82) is 0 Å². The van der Waals surface area contributed by atoms with Gasteiger partial charge in [0.05, 0.1) is 17.6 Å². The third kappa shape index (κ3) is 2.24. The Morgan fingerprint density at radius 1 is 1.18 bits per heavy atom. The van der Waals surface area contributed by atoms with Crippen molar-refractivity contribution in [2.75, 3.05) is 0 Å². The summed E-state index contributed by atoms with van der Waals surface area (Å²) in [6.07, 6.45) is -2.97. The Morgan fingerprint density at radius 2 is 1.91 bits per heavy atom. The lowest BCUT2D eigenvalue weighted by atomic mass is 10.1. The molecule has 0 spiro atoms. The van der Waals surface area contributed by atoms with Crippen LogP contribution >= 0.6 is 0 Å². The minimum absolute atomic E-state index is 0.172. The lowest BCUT2D eigenvalue weighted by Gasteiger charge is -2.11. The molecular formula is C14H14F3N5. The highest BCUT2D eigenvalue weighted by Crippen LogP contribution is 2.33. The van der Waals surface area contributed by atoms with Gasteiger partial charge < -0.3 is 0 Å². The van der Waals surface area contributed by atoms with Crippen LogP contribution in [0.25, 0.3) is 16.9 Å². The van der Waals surface area contributed by atoms with E-state index in [1.807, 2.05) is 13.8 Å². The van der Waals surface area contributed by atoms with Crippen molar-refractivity contribution >= 4 is 5.65 Å². The Labute approximate surface area is 124 Å². The molecular weight excluding hydrogens is 295 g/mol. The molecule has 0 aliphatic rings. The maximum atomic E-state index is 13.3. The highest BCUT2D eigenvalue weighted by molar-refractivity contribution is 5.64. The van der Waals surface area contributed by atoms with Crippen LogP contribution in [0.2, 0.25) is 0 Å².